The van der Waals surface area contributed by atoms with Gasteiger partial charge in [-0.25, -0.2) is 14.4 Å². The van der Waals surface area contributed by atoms with Gasteiger partial charge in [-0.05, 0) is 31.1 Å². The Balaban J connectivity index is 1.63. The summed E-state index contributed by atoms with van der Waals surface area (Å²) in [6.07, 6.45) is 5.62. The van der Waals surface area contributed by atoms with Crippen LogP contribution in [0.25, 0.3) is 0 Å². The van der Waals surface area contributed by atoms with E-state index in [1.54, 1.807) is 4.90 Å². The molecule has 0 aromatic carbocycles. The molecule has 0 spiro atoms. The van der Waals surface area contributed by atoms with Gasteiger partial charge < -0.3 is 25.6 Å². The highest BCUT2D eigenvalue weighted by atomic mass is 19.1. The maximum atomic E-state index is 13.1. The fourth-order valence-corrected chi connectivity index (χ4v) is 3.59. The molecule has 1 aromatic heterocycles. The maximum absolute atomic E-state index is 13.1. The number of aromatic nitrogens is 2. The van der Waals surface area contributed by atoms with Gasteiger partial charge in [0.25, 0.3) is 0 Å². The fourth-order valence-electron chi connectivity index (χ4n) is 3.59. The van der Waals surface area contributed by atoms with Crippen LogP contribution < -0.4 is 15.5 Å². The van der Waals surface area contributed by atoms with Gasteiger partial charge in [0.15, 0.2) is 5.82 Å². The Morgan fingerprint density at radius 2 is 1.90 bits per heavy atom. The summed E-state index contributed by atoms with van der Waals surface area (Å²) < 4.78 is 13.1. The van der Waals surface area contributed by atoms with Crippen molar-refractivity contribution in [3.63, 3.8) is 0 Å². The third-order valence-electron chi connectivity index (χ3n) is 5.50. The molecular weight excluding hydrogens is 392 g/mol. The van der Waals surface area contributed by atoms with Crippen LogP contribution in [-0.4, -0.2) is 63.5 Å². The lowest BCUT2D eigenvalue weighted by atomic mass is 9.75. The van der Waals surface area contributed by atoms with Gasteiger partial charge in [0.1, 0.15) is 12.1 Å². The lowest BCUT2D eigenvalue weighted by Gasteiger charge is -2.40. The number of hydrogen-bond acceptors (Lipinski definition) is 7. The normalized spacial score (nSPS) is 20.3. The van der Waals surface area contributed by atoms with Gasteiger partial charge in [0.2, 0.25) is 17.8 Å². The highest BCUT2D eigenvalue weighted by Gasteiger charge is 2.39. The van der Waals surface area contributed by atoms with Gasteiger partial charge in [-0.3, -0.25) is 9.59 Å². The number of hydrogen-bond donors (Lipinski definition) is 4. The average molecular weight is 421 g/mol. The van der Waals surface area contributed by atoms with Gasteiger partial charge in [-0.15, -0.1) is 0 Å². The van der Waals surface area contributed by atoms with Crippen molar-refractivity contribution in [1.82, 2.24) is 20.6 Å². The third-order valence-corrected chi connectivity index (χ3v) is 5.50. The zero-order valence-electron chi connectivity index (χ0n) is 17.3. The van der Waals surface area contributed by atoms with Crippen molar-refractivity contribution in [2.75, 3.05) is 11.4 Å². The second kappa shape index (κ2) is 9.70. The molecule has 2 amide bonds. The topological polar surface area (TPSA) is 128 Å². The van der Waals surface area contributed by atoms with Crippen LogP contribution in [0.5, 0.6) is 0 Å². The van der Waals surface area contributed by atoms with Crippen molar-refractivity contribution in [3.05, 3.63) is 18.2 Å². The van der Waals surface area contributed by atoms with Crippen molar-refractivity contribution in [2.45, 2.75) is 64.0 Å². The predicted molar refractivity (Wildman–Crippen MR) is 109 cm³/mol. The standard InChI is InChI=1S/C19H29BFN5O4/c1-11(2)7-16(20(29)30)25-17(27)14(8-12-3-4-12)24-18(28)15-5-6-26(15)19-22-9-13(21)10-23-19/h9-12,14-16,29-30H,3-8H2,1-2H3,(H,24,28)(H,25,27)/t14-,15-,16-/m0/s1. The Bertz CT molecular complexity index is 747. The minimum absolute atomic E-state index is 0.160. The van der Waals surface area contributed by atoms with Crippen LogP contribution in [0.2, 0.25) is 0 Å². The molecule has 3 atom stereocenters. The SMILES string of the molecule is CC(C)C[C@H](NC(=O)[C@H](CC1CC1)NC(=O)[C@@H]1CCN1c1ncc(F)cn1)B(O)O. The van der Waals surface area contributed by atoms with E-state index in [2.05, 4.69) is 20.6 Å². The second-order valence-electron chi connectivity index (χ2n) is 8.60. The van der Waals surface area contributed by atoms with Gasteiger partial charge in [0, 0.05) is 6.54 Å². The number of carbonyl (C=O) groups is 2. The van der Waals surface area contributed by atoms with E-state index in [0.29, 0.717) is 31.7 Å². The van der Waals surface area contributed by atoms with Gasteiger partial charge in [-0.2, -0.15) is 0 Å². The van der Waals surface area contributed by atoms with Gasteiger partial charge >= 0.3 is 7.12 Å². The second-order valence-corrected chi connectivity index (χ2v) is 8.60. The van der Waals surface area contributed by atoms with E-state index in [0.717, 1.165) is 25.2 Å². The molecule has 0 bridgehead atoms. The van der Waals surface area contributed by atoms with Crippen LogP contribution in [-0.2, 0) is 9.59 Å². The highest BCUT2D eigenvalue weighted by molar-refractivity contribution is 6.43. The van der Waals surface area contributed by atoms with Crippen LogP contribution in [0.1, 0.15) is 46.0 Å². The molecule has 11 heteroatoms. The van der Waals surface area contributed by atoms with E-state index in [1.165, 1.54) is 0 Å². The summed E-state index contributed by atoms with van der Waals surface area (Å²) in [5.41, 5.74) is 0. The molecule has 9 nitrogen and oxygen atoms in total. The summed E-state index contributed by atoms with van der Waals surface area (Å²) in [7, 11) is -1.67. The first-order valence-electron chi connectivity index (χ1n) is 10.5. The number of nitrogens with one attached hydrogen (secondary N) is 2. The van der Waals surface area contributed by atoms with Crippen LogP contribution in [0.15, 0.2) is 12.4 Å². The zero-order chi connectivity index (χ0) is 21.8. The molecule has 30 heavy (non-hydrogen) atoms. The Labute approximate surface area is 175 Å². The summed E-state index contributed by atoms with van der Waals surface area (Å²) in [5.74, 6) is -1.29. The smallest absolute Gasteiger partial charge is 0.426 e. The Kier molecular flexibility index (Phi) is 7.25. The third kappa shape index (κ3) is 5.88. The largest absolute Gasteiger partial charge is 0.475 e. The lowest BCUT2D eigenvalue weighted by molar-refractivity contribution is -0.130. The predicted octanol–water partition coefficient (Wildman–Crippen LogP) is 0.0222. The summed E-state index contributed by atoms with van der Waals surface area (Å²) in [4.78, 5) is 35.2. The molecule has 1 aromatic rings. The van der Waals surface area contributed by atoms with Crippen molar-refractivity contribution in [2.24, 2.45) is 11.8 Å². The number of rotatable bonds is 10. The van der Waals surface area contributed by atoms with E-state index in [1.807, 2.05) is 13.8 Å². The van der Waals surface area contributed by atoms with Crippen LogP contribution in [0.4, 0.5) is 10.3 Å². The molecule has 1 aliphatic carbocycles. The van der Waals surface area contributed by atoms with Crippen molar-refractivity contribution < 1.29 is 24.0 Å². The number of amides is 2. The van der Waals surface area contributed by atoms with Crippen molar-refractivity contribution >= 4 is 24.9 Å². The van der Waals surface area contributed by atoms with Gasteiger partial charge in [-0.1, -0.05) is 26.7 Å². The molecule has 1 aliphatic heterocycles. The first kappa shape index (κ1) is 22.4. The summed E-state index contributed by atoms with van der Waals surface area (Å²) >= 11 is 0. The fraction of sp³-hybridized carbons (Fsp3) is 0.684. The van der Waals surface area contributed by atoms with E-state index in [4.69, 9.17) is 0 Å². The molecule has 3 rings (SSSR count). The van der Waals surface area contributed by atoms with Gasteiger partial charge in [0.05, 0.1) is 18.3 Å². The molecule has 0 radical (unpaired) electrons. The minimum atomic E-state index is -1.67. The summed E-state index contributed by atoms with van der Waals surface area (Å²) in [6.45, 7) is 4.41. The Morgan fingerprint density at radius 3 is 2.40 bits per heavy atom. The number of nitrogens with zero attached hydrogens (tertiary/aromatic N) is 3. The maximum Gasteiger partial charge on any atom is 0.475 e. The first-order chi connectivity index (χ1) is 14.2. The van der Waals surface area contributed by atoms with E-state index >= 15 is 0 Å². The van der Waals surface area contributed by atoms with E-state index < -0.39 is 36.9 Å². The molecule has 1 saturated carbocycles. The molecule has 1 saturated heterocycles. The molecule has 0 unspecified atom stereocenters. The van der Waals surface area contributed by atoms with Crippen molar-refractivity contribution in [3.8, 4) is 0 Å². The number of carbonyl (C=O) groups excluding carboxylic acids is 2. The molecule has 2 aliphatic rings. The summed E-state index contributed by atoms with van der Waals surface area (Å²) in [5, 5.41) is 24.7. The molecule has 164 valence electrons. The monoisotopic (exact) mass is 421 g/mol. The van der Waals surface area contributed by atoms with Crippen LogP contribution >= 0.6 is 0 Å². The van der Waals surface area contributed by atoms with E-state index in [9.17, 15) is 24.0 Å². The number of halogens is 1. The Hall–Kier alpha value is -2.27. The molecule has 2 fully saturated rings. The Morgan fingerprint density at radius 1 is 1.23 bits per heavy atom. The molecule has 2 heterocycles. The van der Waals surface area contributed by atoms with E-state index in [-0.39, 0.29) is 17.8 Å². The van der Waals surface area contributed by atoms with Crippen LogP contribution in [0.3, 0.4) is 0 Å². The molecular formula is C19H29BFN5O4. The first-order valence-corrected chi connectivity index (χ1v) is 10.5. The summed E-state index contributed by atoms with van der Waals surface area (Å²) in [6, 6.07) is -1.28. The van der Waals surface area contributed by atoms with Crippen LogP contribution in [0, 0.1) is 17.7 Å². The highest BCUT2D eigenvalue weighted by Crippen LogP contribution is 2.34. The lowest BCUT2D eigenvalue weighted by Crippen LogP contribution is -2.61. The zero-order valence-corrected chi connectivity index (χ0v) is 17.3. The molecule has 4 N–H and O–H groups in total. The average Bonchev–Trinajstić information content (AvgIpc) is 3.45. The van der Waals surface area contributed by atoms with Crippen molar-refractivity contribution in [1.29, 1.82) is 0 Å². The minimum Gasteiger partial charge on any atom is -0.426 e. The quantitative estimate of drug-likeness (QED) is 0.392. The number of anilines is 1.